The molecule has 1 unspecified atom stereocenters. The zero-order valence-corrected chi connectivity index (χ0v) is 23.2. The van der Waals surface area contributed by atoms with E-state index in [-0.39, 0.29) is 30.0 Å². The molecule has 6 atom stereocenters. The van der Waals surface area contributed by atoms with Crippen molar-refractivity contribution in [2.75, 3.05) is 18.9 Å². The maximum absolute atomic E-state index is 12.9. The third-order valence-corrected chi connectivity index (χ3v) is 8.20. The second-order valence-corrected chi connectivity index (χ2v) is 12.1. The number of nitrogens with one attached hydrogen (secondary N) is 1. The lowest BCUT2D eigenvalue weighted by molar-refractivity contribution is -0.0437. The number of fused-ring (bicyclic) bond motifs is 2. The molecule has 0 aliphatic carbocycles. The number of phosphoric ester groups is 1. The van der Waals surface area contributed by atoms with Crippen molar-refractivity contribution in [1.82, 2.24) is 39.0 Å². The monoisotopic (exact) mass is 628 g/mol. The smallest absolute Gasteiger partial charge is 0.382 e. The molecule has 0 radical (unpaired) electrons. The van der Waals surface area contributed by atoms with Crippen molar-refractivity contribution in [1.29, 1.82) is 0 Å². The van der Waals surface area contributed by atoms with E-state index < -0.39 is 61.1 Å². The molecule has 42 heavy (non-hydrogen) atoms. The topological polar surface area (TPSA) is 277 Å². The quantitative estimate of drug-likeness (QED) is 0.157. The normalized spacial score (nSPS) is 26.3. The highest BCUT2D eigenvalue weighted by molar-refractivity contribution is 7.84. The number of ether oxygens (including phenoxy) is 2. The van der Waals surface area contributed by atoms with Gasteiger partial charge in [0.25, 0.3) is 5.56 Å². The molecule has 20 nitrogen and oxygen atoms in total. The fourth-order valence-corrected chi connectivity index (χ4v) is 6.14. The Labute approximate surface area is 235 Å². The van der Waals surface area contributed by atoms with Crippen molar-refractivity contribution in [3.8, 4) is 0 Å². The molecular weight excluding hydrogens is 603 g/mol. The number of hydrogen-bond acceptors (Lipinski definition) is 15. The van der Waals surface area contributed by atoms with Crippen LogP contribution in [-0.2, 0) is 37.6 Å². The third-order valence-electron chi connectivity index (χ3n) is 6.73. The van der Waals surface area contributed by atoms with Crippen molar-refractivity contribution in [3.63, 3.8) is 0 Å². The molecule has 0 spiro atoms. The Kier molecular flexibility index (Phi) is 7.53. The largest absolute Gasteiger partial charge is 0.472 e. The summed E-state index contributed by atoms with van der Waals surface area (Å²) < 4.78 is 65.9. The summed E-state index contributed by atoms with van der Waals surface area (Å²) in [6.07, 6.45) is 1.97. The lowest BCUT2D eigenvalue weighted by Gasteiger charge is -2.22. The van der Waals surface area contributed by atoms with Gasteiger partial charge >= 0.3 is 18.1 Å². The molecule has 226 valence electrons. The minimum Gasteiger partial charge on any atom is -0.382 e. The van der Waals surface area contributed by atoms with Crippen LogP contribution in [0.3, 0.4) is 0 Å². The molecule has 0 bridgehead atoms. The number of aromatic amines is 1. The van der Waals surface area contributed by atoms with Gasteiger partial charge in [-0.15, -0.1) is 0 Å². The van der Waals surface area contributed by atoms with Gasteiger partial charge in [0.15, 0.2) is 22.6 Å². The summed E-state index contributed by atoms with van der Waals surface area (Å²) in [6.45, 7) is -0.913. The zero-order valence-electron chi connectivity index (χ0n) is 21.5. The fraction of sp³-hybridized carbons (Fsp3) is 0.500. The van der Waals surface area contributed by atoms with Gasteiger partial charge in [-0.1, -0.05) is 0 Å². The van der Waals surface area contributed by atoms with Gasteiger partial charge in [0.1, 0.15) is 36.5 Å². The van der Waals surface area contributed by atoms with Gasteiger partial charge in [0.05, 0.1) is 38.3 Å². The summed E-state index contributed by atoms with van der Waals surface area (Å²) in [6, 6.07) is 0. The van der Waals surface area contributed by atoms with Crippen LogP contribution in [0.25, 0.3) is 22.3 Å². The summed E-state index contributed by atoms with van der Waals surface area (Å²) in [5, 5.41) is 4.94. The van der Waals surface area contributed by atoms with E-state index >= 15 is 0 Å². The van der Waals surface area contributed by atoms with Crippen molar-refractivity contribution in [3.05, 3.63) is 35.7 Å². The van der Waals surface area contributed by atoms with Crippen LogP contribution in [0.1, 0.15) is 31.7 Å². The minimum atomic E-state index is -4.73. The Morgan fingerprint density at radius 3 is 2.57 bits per heavy atom. The Bertz CT molecular complexity index is 1830. The van der Waals surface area contributed by atoms with Crippen molar-refractivity contribution < 1.29 is 40.6 Å². The molecule has 22 heteroatoms. The van der Waals surface area contributed by atoms with Crippen LogP contribution in [-0.4, -0.2) is 83.9 Å². The first-order valence-corrected chi connectivity index (χ1v) is 15.4. The predicted octanol–water partition coefficient (Wildman–Crippen LogP) is -0.771. The summed E-state index contributed by atoms with van der Waals surface area (Å²) in [5.74, 6) is 0.229. The van der Waals surface area contributed by atoms with E-state index in [1.54, 1.807) is 4.57 Å². The molecule has 6 heterocycles. The number of phosphoric acid groups is 1. The van der Waals surface area contributed by atoms with E-state index in [1.807, 2.05) is 0 Å². The fourth-order valence-electron chi connectivity index (χ4n) is 4.84. The molecule has 0 saturated carbocycles. The van der Waals surface area contributed by atoms with Crippen molar-refractivity contribution in [2.45, 2.75) is 50.0 Å². The number of hydrogen-bond donors (Lipinski definition) is 4. The third kappa shape index (κ3) is 5.91. The lowest BCUT2D eigenvalue weighted by Crippen LogP contribution is -2.31. The van der Waals surface area contributed by atoms with E-state index in [4.69, 9.17) is 29.4 Å². The highest BCUT2D eigenvalue weighted by Gasteiger charge is 2.43. The van der Waals surface area contributed by atoms with Crippen molar-refractivity contribution in [2.24, 2.45) is 5.14 Å². The van der Waals surface area contributed by atoms with Crippen LogP contribution in [0.2, 0.25) is 0 Å². The van der Waals surface area contributed by atoms with Gasteiger partial charge in [-0.25, -0.2) is 34.6 Å². The van der Waals surface area contributed by atoms with E-state index in [2.05, 4.69) is 34.1 Å². The molecular formula is C20H25N10O10PS. The number of H-pyrrole nitrogens is 1. The van der Waals surface area contributed by atoms with Crippen LogP contribution in [0.4, 0.5) is 5.82 Å². The van der Waals surface area contributed by atoms with Gasteiger partial charge in [-0.2, -0.15) is 8.42 Å². The molecule has 0 amide bonds. The molecule has 2 aliphatic heterocycles. The van der Waals surface area contributed by atoms with E-state index in [1.165, 1.54) is 29.9 Å². The molecule has 2 fully saturated rings. The molecule has 6 N–H and O–H groups in total. The second-order valence-electron chi connectivity index (χ2n) is 9.48. The summed E-state index contributed by atoms with van der Waals surface area (Å²) in [5.41, 5.74) is 6.48. The van der Waals surface area contributed by atoms with E-state index in [0.29, 0.717) is 24.0 Å². The Hall–Kier alpha value is -3.40. The van der Waals surface area contributed by atoms with Gasteiger partial charge < -0.3 is 25.1 Å². The average Bonchev–Trinajstić information content (AvgIpc) is 3.71. The predicted molar refractivity (Wildman–Crippen MR) is 139 cm³/mol. The first-order chi connectivity index (χ1) is 20.0. The number of imidazole rings is 2. The standard InChI is InChI=1S/C20H25N10O10PS/c21-17-15-18(24-6-23-17)29(8-27-15)13-2-1-10(38-13)4-36-41(32,33)40-11-3-14(39-12(11)5-37-42(22,34)35)30-9-28-16-19(30)25-7-26-20(16)31/h6-14H,1-5H2,(H,32,33)(H2,21,23,24)(H2,22,34,35)(H,25,26,31)/t10-,11-,12+,13+,14+/m0/s1. The highest BCUT2D eigenvalue weighted by atomic mass is 32.2. The Balaban J connectivity index is 1.11. The Morgan fingerprint density at radius 1 is 1.05 bits per heavy atom. The summed E-state index contributed by atoms with van der Waals surface area (Å²) in [4.78, 5) is 45.4. The minimum absolute atomic E-state index is 0.0356. The van der Waals surface area contributed by atoms with Crippen LogP contribution < -0.4 is 16.4 Å². The first-order valence-electron chi connectivity index (χ1n) is 12.4. The summed E-state index contributed by atoms with van der Waals surface area (Å²) in [7, 11) is -9.09. The SMILES string of the molecule is Nc1ncnc2c1ncn2[C@H]1CC[C@@H](COP(=O)(O)O[C@H]2C[C@H](n3cnc4c(=O)[nH]cnc43)O[C@@H]2COS(N)(=O)=O)O1. The molecule has 2 aliphatic rings. The second kappa shape index (κ2) is 11.0. The maximum atomic E-state index is 12.9. The average molecular weight is 629 g/mol. The molecule has 2 saturated heterocycles. The van der Waals surface area contributed by atoms with Crippen LogP contribution in [0.5, 0.6) is 0 Å². The van der Waals surface area contributed by atoms with Crippen molar-refractivity contribution >= 4 is 46.3 Å². The summed E-state index contributed by atoms with van der Waals surface area (Å²) >= 11 is 0. The first kappa shape index (κ1) is 28.7. The van der Waals surface area contributed by atoms with Crippen LogP contribution in [0.15, 0.2) is 30.1 Å². The maximum Gasteiger partial charge on any atom is 0.472 e. The number of nitrogen functional groups attached to an aromatic ring is 1. The molecule has 0 aromatic carbocycles. The zero-order chi connectivity index (χ0) is 29.6. The van der Waals surface area contributed by atoms with Crippen LogP contribution in [0, 0.1) is 0 Å². The van der Waals surface area contributed by atoms with E-state index in [9.17, 15) is 22.7 Å². The number of nitrogens with two attached hydrogens (primary N) is 2. The van der Waals surface area contributed by atoms with Gasteiger partial charge in [-0.05, 0) is 12.8 Å². The van der Waals surface area contributed by atoms with Gasteiger partial charge in [-0.3, -0.25) is 27.2 Å². The number of aromatic nitrogens is 8. The highest BCUT2D eigenvalue weighted by Crippen LogP contribution is 2.49. The number of rotatable bonds is 10. The van der Waals surface area contributed by atoms with E-state index in [0.717, 1.165) is 0 Å². The Morgan fingerprint density at radius 2 is 1.79 bits per heavy atom. The number of nitrogens with zero attached hydrogens (tertiary/aromatic N) is 7. The number of anilines is 1. The lowest BCUT2D eigenvalue weighted by atomic mass is 10.2. The van der Waals surface area contributed by atoms with Gasteiger partial charge in [0, 0.05) is 6.42 Å². The van der Waals surface area contributed by atoms with Crippen LogP contribution >= 0.6 is 7.82 Å². The molecule has 4 aromatic rings. The molecule has 6 rings (SSSR count). The van der Waals surface area contributed by atoms with Gasteiger partial charge in [0.2, 0.25) is 0 Å². The molecule has 4 aromatic heterocycles.